The molecule has 0 aliphatic carbocycles. The number of ether oxygens (including phenoxy) is 1. The quantitative estimate of drug-likeness (QED) is 0.616. The average molecular weight is 274 g/mol. The third-order valence-corrected chi connectivity index (χ3v) is 2.66. The fourth-order valence-electron chi connectivity index (χ4n) is 1.66. The van der Waals surface area contributed by atoms with Crippen LogP contribution < -0.4 is 11.1 Å². The SMILES string of the molecule is CCCOCCC(=O)Nc1ccc(C#CCN)cc1C. The molecule has 1 rings (SSSR count). The lowest BCUT2D eigenvalue weighted by Crippen LogP contribution is -2.15. The highest BCUT2D eigenvalue weighted by Crippen LogP contribution is 2.16. The van der Waals surface area contributed by atoms with Gasteiger partial charge in [-0.05, 0) is 37.1 Å². The number of carbonyl (C=O) groups excluding carboxylic acids is 1. The molecule has 0 fully saturated rings. The van der Waals surface area contributed by atoms with E-state index in [2.05, 4.69) is 17.2 Å². The second-order valence-corrected chi connectivity index (χ2v) is 4.45. The van der Waals surface area contributed by atoms with Crippen molar-refractivity contribution in [3.05, 3.63) is 29.3 Å². The standard InChI is InChI=1S/C16H22N2O2/c1-3-10-20-11-8-16(19)18-15-7-6-14(5-4-9-17)12-13(15)2/h6-7,12H,3,8-11,17H2,1-2H3,(H,18,19). The van der Waals surface area contributed by atoms with E-state index in [1.54, 1.807) is 0 Å². The van der Waals surface area contributed by atoms with Crippen LogP contribution in [0.25, 0.3) is 0 Å². The number of amides is 1. The van der Waals surface area contributed by atoms with Gasteiger partial charge in [-0.15, -0.1) is 0 Å². The van der Waals surface area contributed by atoms with Crippen molar-refractivity contribution >= 4 is 11.6 Å². The zero-order valence-corrected chi connectivity index (χ0v) is 12.2. The molecule has 0 aliphatic heterocycles. The summed E-state index contributed by atoms with van der Waals surface area (Å²) in [5.74, 6) is 5.74. The molecule has 0 heterocycles. The number of carbonyl (C=O) groups is 1. The normalized spacial score (nSPS) is 9.75. The first-order valence-corrected chi connectivity index (χ1v) is 6.84. The van der Waals surface area contributed by atoms with E-state index in [1.165, 1.54) is 0 Å². The van der Waals surface area contributed by atoms with Crippen molar-refractivity contribution in [2.75, 3.05) is 25.1 Å². The average Bonchev–Trinajstić information content (AvgIpc) is 2.44. The van der Waals surface area contributed by atoms with Gasteiger partial charge in [0.1, 0.15) is 0 Å². The van der Waals surface area contributed by atoms with E-state index in [0.717, 1.165) is 23.2 Å². The van der Waals surface area contributed by atoms with E-state index >= 15 is 0 Å². The molecule has 0 atom stereocenters. The molecule has 20 heavy (non-hydrogen) atoms. The van der Waals surface area contributed by atoms with Crippen LogP contribution in [0, 0.1) is 18.8 Å². The second-order valence-electron chi connectivity index (χ2n) is 4.45. The first-order valence-electron chi connectivity index (χ1n) is 6.84. The van der Waals surface area contributed by atoms with Gasteiger partial charge >= 0.3 is 0 Å². The molecule has 4 heteroatoms. The molecule has 0 saturated carbocycles. The van der Waals surface area contributed by atoms with E-state index in [4.69, 9.17) is 10.5 Å². The number of nitrogens with one attached hydrogen (secondary N) is 1. The first kappa shape index (κ1) is 16.2. The largest absolute Gasteiger partial charge is 0.381 e. The highest BCUT2D eigenvalue weighted by molar-refractivity contribution is 5.91. The maximum atomic E-state index is 11.7. The van der Waals surface area contributed by atoms with Gasteiger partial charge in [0.25, 0.3) is 0 Å². The molecule has 0 aliphatic rings. The molecule has 0 aromatic heterocycles. The molecular weight excluding hydrogens is 252 g/mol. The van der Waals surface area contributed by atoms with Gasteiger partial charge in [-0.3, -0.25) is 4.79 Å². The molecule has 108 valence electrons. The Labute approximate surface area is 120 Å². The Kier molecular flexibility index (Phi) is 7.41. The summed E-state index contributed by atoms with van der Waals surface area (Å²) in [7, 11) is 0. The fraction of sp³-hybridized carbons (Fsp3) is 0.438. The molecule has 0 bridgehead atoms. The van der Waals surface area contributed by atoms with Gasteiger partial charge in [0, 0.05) is 17.9 Å². The number of benzene rings is 1. The summed E-state index contributed by atoms with van der Waals surface area (Å²) >= 11 is 0. The van der Waals surface area contributed by atoms with Gasteiger partial charge in [0.15, 0.2) is 0 Å². The maximum absolute atomic E-state index is 11.7. The minimum Gasteiger partial charge on any atom is -0.381 e. The first-order chi connectivity index (χ1) is 9.67. The monoisotopic (exact) mass is 274 g/mol. The fourth-order valence-corrected chi connectivity index (χ4v) is 1.66. The number of hydrogen-bond donors (Lipinski definition) is 2. The van der Waals surface area contributed by atoms with Crippen LogP contribution in [-0.4, -0.2) is 25.7 Å². The number of nitrogens with two attached hydrogens (primary N) is 1. The van der Waals surface area contributed by atoms with E-state index < -0.39 is 0 Å². The third kappa shape index (κ3) is 5.87. The van der Waals surface area contributed by atoms with Gasteiger partial charge in [-0.2, -0.15) is 0 Å². The highest BCUT2D eigenvalue weighted by Gasteiger charge is 2.05. The van der Waals surface area contributed by atoms with Crippen LogP contribution in [0.4, 0.5) is 5.69 Å². The van der Waals surface area contributed by atoms with Gasteiger partial charge in [0.2, 0.25) is 5.91 Å². The van der Waals surface area contributed by atoms with Crippen molar-refractivity contribution in [2.24, 2.45) is 5.73 Å². The van der Waals surface area contributed by atoms with Crippen LogP contribution in [0.15, 0.2) is 18.2 Å². The molecular formula is C16H22N2O2. The number of aryl methyl sites for hydroxylation is 1. The van der Waals surface area contributed by atoms with E-state index in [9.17, 15) is 4.79 Å². The Morgan fingerprint density at radius 1 is 1.40 bits per heavy atom. The molecule has 4 nitrogen and oxygen atoms in total. The number of hydrogen-bond acceptors (Lipinski definition) is 3. The molecule has 3 N–H and O–H groups in total. The minimum absolute atomic E-state index is 0.0370. The summed E-state index contributed by atoms with van der Waals surface area (Å²) in [4.78, 5) is 11.7. The van der Waals surface area contributed by atoms with Crippen LogP contribution in [-0.2, 0) is 9.53 Å². The minimum atomic E-state index is -0.0370. The van der Waals surface area contributed by atoms with Crippen LogP contribution in [0.2, 0.25) is 0 Å². The Morgan fingerprint density at radius 3 is 2.85 bits per heavy atom. The van der Waals surface area contributed by atoms with Crippen molar-refractivity contribution < 1.29 is 9.53 Å². The van der Waals surface area contributed by atoms with Crippen LogP contribution in [0.5, 0.6) is 0 Å². The summed E-state index contributed by atoms with van der Waals surface area (Å²) in [5, 5.41) is 2.88. The molecule has 1 aromatic rings. The van der Waals surface area contributed by atoms with Crippen LogP contribution >= 0.6 is 0 Å². The lowest BCUT2D eigenvalue weighted by molar-refractivity contribution is -0.117. The number of rotatable bonds is 6. The predicted octanol–water partition coefficient (Wildman–Crippen LogP) is 2.06. The van der Waals surface area contributed by atoms with E-state index in [-0.39, 0.29) is 5.91 Å². The molecule has 0 saturated heterocycles. The van der Waals surface area contributed by atoms with Gasteiger partial charge in [0.05, 0.1) is 19.6 Å². The molecule has 0 radical (unpaired) electrons. The Bertz CT molecular complexity index is 501. The predicted molar refractivity (Wildman–Crippen MR) is 81.5 cm³/mol. The molecule has 1 aromatic carbocycles. The highest BCUT2D eigenvalue weighted by atomic mass is 16.5. The van der Waals surface area contributed by atoms with Crippen molar-refractivity contribution in [3.63, 3.8) is 0 Å². The molecule has 1 amide bonds. The lowest BCUT2D eigenvalue weighted by Gasteiger charge is -2.09. The van der Waals surface area contributed by atoms with Crippen molar-refractivity contribution in [3.8, 4) is 11.8 Å². The Balaban J connectivity index is 2.53. The maximum Gasteiger partial charge on any atom is 0.226 e. The zero-order chi connectivity index (χ0) is 14.8. The van der Waals surface area contributed by atoms with Crippen molar-refractivity contribution in [2.45, 2.75) is 26.7 Å². The summed E-state index contributed by atoms with van der Waals surface area (Å²) in [6.07, 6.45) is 1.33. The summed E-state index contributed by atoms with van der Waals surface area (Å²) in [6, 6.07) is 5.67. The van der Waals surface area contributed by atoms with Gasteiger partial charge < -0.3 is 15.8 Å². The zero-order valence-electron chi connectivity index (χ0n) is 12.2. The smallest absolute Gasteiger partial charge is 0.226 e. The lowest BCUT2D eigenvalue weighted by atomic mass is 10.1. The topological polar surface area (TPSA) is 64.3 Å². The second kappa shape index (κ2) is 9.13. The third-order valence-electron chi connectivity index (χ3n) is 2.66. The van der Waals surface area contributed by atoms with Crippen LogP contribution in [0.1, 0.15) is 30.9 Å². The Hall–Kier alpha value is -1.83. The summed E-state index contributed by atoms with van der Waals surface area (Å²) < 4.78 is 5.29. The van der Waals surface area contributed by atoms with Crippen molar-refractivity contribution in [1.29, 1.82) is 0 Å². The Morgan fingerprint density at radius 2 is 2.20 bits per heavy atom. The summed E-state index contributed by atoms with van der Waals surface area (Å²) in [5.41, 5.74) is 8.03. The van der Waals surface area contributed by atoms with Gasteiger partial charge in [-0.1, -0.05) is 18.8 Å². The van der Waals surface area contributed by atoms with Crippen LogP contribution in [0.3, 0.4) is 0 Å². The van der Waals surface area contributed by atoms with Gasteiger partial charge in [-0.25, -0.2) is 0 Å². The number of anilines is 1. The molecule has 0 unspecified atom stereocenters. The van der Waals surface area contributed by atoms with E-state index in [0.29, 0.717) is 26.2 Å². The van der Waals surface area contributed by atoms with E-state index in [1.807, 2.05) is 32.0 Å². The summed E-state index contributed by atoms with van der Waals surface area (Å²) in [6.45, 7) is 5.48. The molecule has 0 spiro atoms. The van der Waals surface area contributed by atoms with Crippen molar-refractivity contribution in [1.82, 2.24) is 0 Å².